The fourth-order valence-corrected chi connectivity index (χ4v) is 4.20. The molecule has 0 saturated carbocycles. The van der Waals surface area contributed by atoms with Gasteiger partial charge in [0.15, 0.2) is 5.96 Å². The number of likely N-dealkylation sites (tertiary alicyclic amines) is 1. The van der Waals surface area contributed by atoms with Crippen LogP contribution in [-0.4, -0.2) is 86.6 Å². The van der Waals surface area contributed by atoms with Crippen molar-refractivity contribution in [3.05, 3.63) is 35.4 Å². The molecule has 0 bridgehead atoms. The Labute approximate surface area is 181 Å². The SMILES string of the molecule is CCNC(=NCc1ccc(CN2CCN(C)CC2)cc1)N1CC(C)C(C(=O)OC)C1. The minimum absolute atomic E-state index is 0.0901. The van der Waals surface area contributed by atoms with Crippen LogP contribution < -0.4 is 5.32 Å². The van der Waals surface area contributed by atoms with Gasteiger partial charge in [-0.05, 0) is 31.0 Å². The van der Waals surface area contributed by atoms with Crippen LogP contribution in [0.25, 0.3) is 0 Å². The first-order chi connectivity index (χ1) is 14.5. The van der Waals surface area contributed by atoms with Crippen LogP contribution in [0.15, 0.2) is 29.3 Å². The summed E-state index contributed by atoms with van der Waals surface area (Å²) in [6.07, 6.45) is 0. The van der Waals surface area contributed by atoms with E-state index in [9.17, 15) is 4.79 Å². The molecule has 1 aromatic carbocycles. The zero-order chi connectivity index (χ0) is 21.5. The molecule has 2 fully saturated rings. The number of nitrogens with one attached hydrogen (secondary N) is 1. The van der Waals surface area contributed by atoms with Crippen LogP contribution in [0.2, 0.25) is 0 Å². The average Bonchev–Trinajstić information content (AvgIpc) is 3.14. The monoisotopic (exact) mass is 415 g/mol. The minimum atomic E-state index is -0.128. The summed E-state index contributed by atoms with van der Waals surface area (Å²) in [7, 11) is 3.65. The molecule has 3 rings (SSSR count). The summed E-state index contributed by atoms with van der Waals surface area (Å²) in [6, 6.07) is 8.81. The highest BCUT2D eigenvalue weighted by Gasteiger charge is 2.36. The molecule has 1 aromatic rings. The van der Waals surface area contributed by atoms with E-state index in [1.807, 2.05) is 0 Å². The lowest BCUT2D eigenvalue weighted by Crippen LogP contribution is -2.43. The number of benzene rings is 1. The number of ether oxygens (including phenoxy) is 1. The van der Waals surface area contributed by atoms with Crippen molar-refractivity contribution in [2.45, 2.75) is 26.9 Å². The van der Waals surface area contributed by atoms with Gasteiger partial charge in [-0.1, -0.05) is 31.2 Å². The number of hydrogen-bond donors (Lipinski definition) is 1. The van der Waals surface area contributed by atoms with Gasteiger partial charge in [0.25, 0.3) is 0 Å². The normalized spacial score (nSPS) is 23.6. The number of guanidine groups is 1. The van der Waals surface area contributed by atoms with E-state index in [0.29, 0.717) is 13.1 Å². The number of aliphatic imine (C=N–C) groups is 1. The predicted octanol–water partition coefficient (Wildman–Crippen LogP) is 1.64. The first-order valence-electron chi connectivity index (χ1n) is 11.1. The van der Waals surface area contributed by atoms with E-state index in [1.165, 1.54) is 18.2 Å². The van der Waals surface area contributed by atoms with E-state index in [4.69, 9.17) is 9.73 Å². The highest BCUT2D eigenvalue weighted by molar-refractivity contribution is 5.82. The van der Waals surface area contributed by atoms with Crippen molar-refractivity contribution in [3.63, 3.8) is 0 Å². The molecule has 7 heteroatoms. The number of methoxy groups -OCH3 is 1. The van der Waals surface area contributed by atoms with E-state index in [2.05, 4.69) is 65.2 Å². The molecule has 0 radical (unpaired) electrons. The third kappa shape index (κ3) is 5.95. The maximum atomic E-state index is 12.0. The van der Waals surface area contributed by atoms with Crippen LogP contribution in [0.3, 0.4) is 0 Å². The minimum Gasteiger partial charge on any atom is -0.469 e. The molecule has 2 aliphatic rings. The molecule has 0 aromatic heterocycles. The van der Waals surface area contributed by atoms with E-state index in [-0.39, 0.29) is 17.8 Å². The van der Waals surface area contributed by atoms with Crippen LogP contribution in [0.4, 0.5) is 0 Å². The Morgan fingerprint density at radius 3 is 2.43 bits per heavy atom. The zero-order valence-electron chi connectivity index (χ0n) is 18.9. The van der Waals surface area contributed by atoms with Gasteiger partial charge >= 0.3 is 5.97 Å². The summed E-state index contributed by atoms with van der Waals surface area (Å²) in [5.74, 6) is 0.914. The molecule has 2 aliphatic heterocycles. The van der Waals surface area contributed by atoms with Crippen molar-refractivity contribution in [1.29, 1.82) is 0 Å². The first-order valence-corrected chi connectivity index (χ1v) is 11.1. The van der Waals surface area contributed by atoms with E-state index < -0.39 is 0 Å². The fraction of sp³-hybridized carbons (Fsp3) is 0.652. The van der Waals surface area contributed by atoms with Crippen LogP contribution in [0, 0.1) is 11.8 Å². The molecule has 0 spiro atoms. The lowest BCUT2D eigenvalue weighted by atomic mass is 9.99. The number of nitrogens with zero attached hydrogens (tertiary/aromatic N) is 4. The van der Waals surface area contributed by atoms with E-state index in [1.54, 1.807) is 0 Å². The van der Waals surface area contributed by atoms with Crippen LogP contribution in [-0.2, 0) is 22.6 Å². The van der Waals surface area contributed by atoms with Crippen molar-refractivity contribution >= 4 is 11.9 Å². The topological polar surface area (TPSA) is 60.4 Å². The molecule has 2 saturated heterocycles. The summed E-state index contributed by atoms with van der Waals surface area (Å²) in [5.41, 5.74) is 2.55. The summed E-state index contributed by atoms with van der Waals surface area (Å²) in [4.78, 5) is 23.9. The third-order valence-electron chi connectivity index (χ3n) is 6.19. The molecular formula is C23H37N5O2. The number of likely N-dealkylation sites (N-methyl/N-ethyl adjacent to an activating group) is 1. The standard InChI is InChI=1S/C23H37N5O2/c1-5-24-23(28-15-18(2)21(17-28)22(29)30-4)25-14-19-6-8-20(9-7-19)16-27-12-10-26(3)11-13-27/h6-9,18,21H,5,10-17H2,1-4H3,(H,24,25). The van der Waals surface area contributed by atoms with Gasteiger partial charge in [0.2, 0.25) is 0 Å². The second kappa shape index (κ2) is 10.8. The highest BCUT2D eigenvalue weighted by atomic mass is 16.5. The van der Waals surface area contributed by atoms with E-state index in [0.717, 1.165) is 51.8 Å². The Balaban J connectivity index is 1.57. The van der Waals surface area contributed by atoms with Gasteiger partial charge in [0.05, 0.1) is 19.6 Å². The van der Waals surface area contributed by atoms with Crippen molar-refractivity contribution in [2.75, 3.05) is 60.0 Å². The van der Waals surface area contributed by atoms with Crippen LogP contribution in [0.1, 0.15) is 25.0 Å². The molecule has 2 unspecified atom stereocenters. The highest BCUT2D eigenvalue weighted by Crippen LogP contribution is 2.24. The fourth-order valence-electron chi connectivity index (χ4n) is 4.20. The number of carbonyl (C=O) groups is 1. The van der Waals surface area contributed by atoms with E-state index >= 15 is 0 Å². The smallest absolute Gasteiger partial charge is 0.310 e. The maximum Gasteiger partial charge on any atom is 0.310 e. The number of piperazine rings is 1. The van der Waals surface area contributed by atoms with Gasteiger partial charge in [-0.2, -0.15) is 0 Å². The van der Waals surface area contributed by atoms with Crippen molar-refractivity contribution in [1.82, 2.24) is 20.0 Å². The zero-order valence-corrected chi connectivity index (χ0v) is 18.9. The molecule has 1 N–H and O–H groups in total. The lowest BCUT2D eigenvalue weighted by Gasteiger charge is -2.32. The van der Waals surface area contributed by atoms with Gasteiger partial charge < -0.3 is 19.9 Å². The summed E-state index contributed by atoms with van der Waals surface area (Å²) < 4.78 is 4.96. The largest absolute Gasteiger partial charge is 0.469 e. The Bertz CT molecular complexity index is 713. The number of esters is 1. The second-order valence-corrected chi connectivity index (χ2v) is 8.58. The summed E-state index contributed by atoms with van der Waals surface area (Å²) in [5, 5.41) is 3.38. The molecule has 30 heavy (non-hydrogen) atoms. The Morgan fingerprint density at radius 1 is 1.13 bits per heavy atom. The maximum absolute atomic E-state index is 12.0. The Hall–Kier alpha value is -2.12. The molecule has 0 amide bonds. The van der Waals surface area contributed by atoms with Gasteiger partial charge in [0.1, 0.15) is 0 Å². The first kappa shape index (κ1) is 22.6. The number of hydrogen-bond acceptors (Lipinski definition) is 5. The molecule has 2 atom stereocenters. The van der Waals surface area contributed by atoms with Gasteiger partial charge in [-0.25, -0.2) is 4.99 Å². The lowest BCUT2D eigenvalue weighted by molar-refractivity contribution is -0.145. The Morgan fingerprint density at radius 2 is 1.80 bits per heavy atom. The van der Waals surface area contributed by atoms with Crippen LogP contribution >= 0.6 is 0 Å². The van der Waals surface area contributed by atoms with Gasteiger partial charge in [-0.3, -0.25) is 9.69 Å². The Kier molecular flexibility index (Phi) is 8.10. The van der Waals surface area contributed by atoms with Crippen LogP contribution in [0.5, 0.6) is 0 Å². The van der Waals surface area contributed by atoms with Crippen molar-refractivity contribution in [2.24, 2.45) is 16.8 Å². The van der Waals surface area contributed by atoms with Crippen molar-refractivity contribution < 1.29 is 9.53 Å². The van der Waals surface area contributed by atoms with Gasteiger partial charge in [-0.15, -0.1) is 0 Å². The molecule has 2 heterocycles. The third-order valence-corrected chi connectivity index (χ3v) is 6.19. The van der Waals surface area contributed by atoms with Gasteiger partial charge in [0, 0.05) is 52.4 Å². The van der Waals surface area contributed by atoms with Crippen molar-refractivity contribution in [3.8, 4) is 0 Å². The summed E-state index contributed by atoms with van der Waals surface area (Å²) >= 11 is 0. The molecule has 0 aliphatic carbocycles. The predicted molar refractivity (Wildman–Crippen MR) is 120 cm³/mol. The average molecular weight is 416 g/mol. The molecular weight excluding hydrogens is 378 g/mol. The second-order valence-electron chi connectivity index (χ2n) is 8.58. The number of rotatable bonds is 6. The number of carbonyl (C=O) groups excluding carboxylic acids is 1. The molecule has 7 nitrogen and oxygen atoms in total. The quantitative estimate of drug-likeness (QED) is 0.433. The molecule has 166 valence electrons. The summed E-state index contributed by atoms with van der Waals surface area (Å²) in [6.45, 7) is 12.6.